The number of carbonyl (C=O) groups excluding carboxylic acids is 1. The molecular formula is C26H20FNO6. The van der Waals surface area contributed by atoms with E-state index in [2.05, 4.69) is 0 Å². The van der Waals surface area contributed by atoms with E-state index in [-0.39, 0.29) is 40.3 Å². The molecule has 0 fully saturated rings. The molecule has 0 saturated carbocycles. The average Bonchev–Trinajstić information content (AvgIpc) is 3.12. The van der Waals surface area contributed by atoms with Gasteiger partial charge in [-0.15, -0.1) is 0 Å². The molecule has 1 amide bonds. The summed E-state index contributed by atoms with van der Waals surface area (Å²) in [6, 6.07) is 14.6. The smallest absolute Gasteiger partial charge is 0.291 e. The zero-order valence-corrected chi connectivity index (χ0v) is 18.4. The number of hydrogen-bond acceptors (Lipinski definition) is 6. The molecule has 0 unspecified atom stereocenters. The lowest BCUT2D eigenvalue weighted by Gasteiger charge is -2.25. The summed E-state index contributed by atoms with van der Waals surface area (Å²) >= 11 is 0. The van der Waals surface area contributed by atoms with Crippen LogP contribution in [0.25, 0.3) is 11.0 Å². The van der Waals surface area contributed by atoms with Crippen LogP contribution >= 0.6 is 0 Å². The molecule has 172 valence electrons. The molecule has 1 atom stereocenters. The number of hydrogen-bond donors (Lipinski definition) is 1. The number of methoxy groups -OCH3 is 2. The van der Waals surface area contributed by atoms with Crippen molar-refractivity contribution in [3.05, 3.63) is 99.2 Å². The summed E-state index contributed by atoms with van der Waals surface area (Å²) in [5.74, 6) is -0.350. The van der Waals surface area contributed by atoms with Crippen molar-refractivity contribution in [3.8, 4) is 17.2 Å². The number of aromatic hydroxyl groups is 1. The molecule has 0 saturated heterocycles. The maximum absolute atomic E-state index is 13.9. The van der Waals surface area contributed by atoms with Crippen molar-refractivity contribution in [2.24, 2.45) is 0 Å². The monoisotopic (exact) mass is 461 g/mol. The Morgan fingerprint density at radius 2 is 1.76 bits per heavy atom. The van der Waals surface area contributed by atoms with Crippen molar-refractivity contribution in [2.45, 2.75) is 12.6 Å². The molecule has 0 radical (unpaired) electrons. The highest BCUT2D eigenvalue weighted by Gasteiger charge is 2.43. The zero-order valence-electron chi connectivity index (χ0n) is 18.4. The van der Waals surface area contributed by atoms with E-state index < -0.39 is 23.2 Å². The summed E-state index contributed by atoms with van der Waals surface area (Å²) in [6.45, 7) is 0.172. The molecule has 2 heterocycles. The first-order chi connectivity index (χ1) is 16.4. The molecule has 1 N–H and O–H groups in total. The molecule has 1 aliphatic heterocycles. The van der Waals surface area contributed by atoms with Crippen LogP contribution in [0.15, 0.2) is 69.9 Å². The second kappa shape index (κ2) is 8.22. The molecule has 8 heteroatoms. The lowest BCUT2D eigenvalue weighted by Crippen LogP contribution is -2.29. The molecule has 7 nitrogen and oxygen atoms in total. The average molecular weight is 461 g/mol. The second-order valence-corrected chi connectivity index (χ2v) is 7.93. The number of nitrogens with zero attached hydrogens (tertiary/aromatic N) is 1. The van der Waals surface area contributed by atoms with Gasteiger partial charge in [0.25, 0.3) is 5.91 Å². The van der Waals surface area contributed by atoms with E-state index in [1.165, 1.54) is 30.2 Å². The van der Waals surface area contributed by atoms with Gasteiger partial charge in [0, 0.05) is 6.54 Å². The van der Waals surface area contributed by atoms with E-state index in [9.17, 15) is 19.1 Å². The van der Waals surface area contributed by atoms with E-state index in [1.807, 2.05) is 12.1 Å². The van der Waals surface area contributed by atoms with Crippen LogP contribution in [0.2, 0.25) is 0 Å². The predicted molar refractivity (Wildman–Crippen MR) is 122 cm³/mol. The fourth-order valence-electron chi connectivity index (χ4n) is 4.29. The van der Waals surface area contributed by atoms with Gasteiger partial charge in [0.15, 0.2) is 16.9 Å². The number of ether oxygens (including phenoxy) is 2. The molecule has 0 bridgehead atoms. The van der Waals surface area contributed by atoms with Crippen molar-refractivity contribution in [3.63, 3.8) is 0 Å². The highest BCUT2D eigenvalue weighted by atomic mass is 19.1. The van der Waals surface area contributed by atoms with Gasteiger partial charge in [0.1, 0.15) is 17.1 Å². The Hall–Kier alpha value is -4.33. The molecule has 0 spiro atoms. The van der Waals surface area contributed by atoms with E-state index >= 15 is 0 Å². The topological polar surface area (TPSA) is 89.2 Å². The van der Waals surface area contributed by atoms with Gasteiger partial charge in [0.05, 0.1) is 31.2 Å². The van der Waals surface area contributed by atoms with Crippen LogP contribution in [0.5, 0.6) is 17.2 Å². The zero-order chi connectivity index (χ0) is 24.0. The van der Waals surface area contributed by atoms with Crippen LogP contribution in [-0.2, 0) is 6.54 Å². The number of benzene rings is 3. The molecule has 3 aromatic carbocycles. The SMILES string of the molecule is COc1ccc(CN2C(=O)c3oc4ccc(F)cc4c(=O)c3[C@@H]2c2ccc(O)c(OC)c2)cc1. The minimum absolute atomic E-state index is 0.0496. The van der Waals surface area contributed by atoms with Crippen molar-refractivity contribution in [1.82, 2.24) is 4.90 Å². The van der Waals surface area contributed by atoms with Gasteiger partial charge in [-0.3, -0.25) is 9.59 Å². The molecule has 5 rings (SSSR count). The van der Waals surface area contributed by atoms with Crippen LogP contribution in [0, 0.1) is 5.82 Å². The Bertz CT molecular complexity index is 1480. The summed E-state index contributed by atoms with van der Waals surface area (Å²) in [4.78, 5) is 28.5. The van der Waals surface area contributed by atoms with E-state index in [4.69, 9.17) is 13.9 Å². The first-order valence-corrected chi connectivity index (χ1v) is 10.5. The van der Waals surface area contributed by atoms with Crippen LogP contribution in [0.3, 0.4) is 0 Å². The third-order valence-electron chi connectivity index (χ3n) is 5.96. The van der Waals surface area contributed by atoms with Gasteiger partial charge < -0.3 is 23.9 Å². The van der Waals surface area contributed by atoms with Gasteiger partial charge in [-0.2, -0.15) is 0 Å². The Morgan fingerprint density at radius 3 is 2.47 bits per heavy atom. The van der Waals surface area contributed by atoms with Gasteiger partial charge in [-0.1, -0.05) is 18.2 Å². The van der Waals surface area contributed by atoms with Crippen LogP contribution in [0.1, 0.15) is 33.3 Å². The Labute approximate surface area is 193 Å². The lowest BCUT2D eigenvalue weighted by atomic mass is 9.97. The number of amides is 1. The maximum atomic E-state index is 13.9. The van der Waals surface area contributed by atoms with Crippen LogP contribution in [-0.4, -0.2) is 30.1 Å². The third kappa shape index (κ3) is 3.44. The quantitative estimate of drug-likeness (QED) is 0.474. The minimum Gasteiger partial charge on any atom is -0.504 e. The number of halogens is 1. The summed E-state index contributed by atoms with van der Waals surface area (Å²) in [7, 11) is 2.97. The minimum atomic E-state index is -0.831. The fourth-order valence-corrected chi connectivity index (χ4v) is 4.29. The van der Waals surface area contributed by atoms with Gasteiger partial charge in [-0.05, 0) is 53.6 Å². The molecule has 34 heavy (non-hydrogen) atoms. The van der Waals surface area contributed by atoms with Crippen molar-refractivity contribution < 1.29 is 28.2 Å². The number of carbonyl (C=O) groups is 1. The summed E-state index contributed by atoms with van der Waals surface area (Å²) < 4.78 is 30.2. The Morgan fingerprint density at radius 1 is 1.00 bits per heavy atom. The van der Waals surface area contributed by atoms with E-state index in [0.717, 1.165) is 11.6 Å². The normalized spacial score (nSPS) is 15.0. The van der Waals surface area contributed by atoms with Crippen molar-refractivity contribution in [2.75, 3.05) is 14.2 Å². The molecule has 1 aromatic heterocycles. The van der Waals surface area contributed by atoms with E-state index in [0.29, 0.717) is 11.3 Å². The van der Waals surface area contributed by atoms with Gasteiger partial charge >= 0.3 is 0 Å². The summed E-state index contributed by atoms with van der Waals surface area (Å²) in [5.41, 5.74) is 1.11. The number of phenols is 1. The number of phenolic OH excluding ortho intramolecular Hbond substituents is 1. The molecule has 4 aromatic rings. The fraction of sp³-hybridized carbons (Fsp3) is 0.154. The number of rotatable bonds is 5. The number of fused-ring (bicyclic) bond motifs is 2. The van der Waals surface area contributed by atoms with Gasteiger partial charge in [-0.25, -0.2) is 4.39 Å². The predicted octanol–water partition coefficient (Wildman–Crippen LogP) is 4.40. The maximum Gasteiger partial charge on any atom is 0.291 e. The molecule has 1 aliphatic rings. The van der Waals surface area contributed by atoms with Crippen molar-refractivity contribution >= 4 is 16.9 Å². The van der Waals surface area contributed by atoms with Crippen molar-refractivity contribution in [1.29, 1.82) is 0 Å². The highest BCUT2D eigenvalue weighted by molar-refractivity contribution is 5.99. The Balaban J connectivity index is 1.71. The first kappa shape index (κ1) is 21.5. The largest absolute Gasteiger partial charge is 0.504 e. The van der Waals surface area contributed by atoms with Crippen LogP contribution < -0.4 is 14.9 Å². The Kier molecular flexibility index (Phi) is 5.20. The standard InChI is InChI=1S/C26H20FNO6/c1-32-17-7-3-14(4-8-17)13-28-23(15-5-9-19(29)21(11-15)33-2)22-24(30)18-12-16(27)6-10-20(18)34-25(22)26(28)31/h3-12,23,29H,13H2,1-2H3/t23-/m0/s1. The first-order valence-electron chi connectivity index (χ1n) is 10.5. The second-order valence-electron chi connectivity index (χ2n) is 7.93. The van der Waals surface area contributed by atoms with Crippen LogP contribution in [0.4, 0.5) is 4.39 Å². The summed E-state index contributed by atoms with van der Waals surface area (Å²) in [6.07, 6.45) is 0. The lowest BCUT2D eigenvalue weighted by molar-refractivity contribution is 0.0714. The van der Waals surface area contributed by atoms with Gasteiger partial charge in [0.2, 0.25) is 5.76 Å². The molecule has 0 aliphatic carbocycles. The third-order valence-corrected chi connectivity index (χ3v) is 5.96. The highest BCUT2D eigenvalue weighted by Crippen LogP contribution is 2.41. The summed E-state index contributed by atoms with van der Waals surface area (Å²) in [5, 5.41) is 10.1. The molecular weight excluding hydrogens is 441 g/mol. The van der Waals surface area contributed by atoms with E-state index in [1.54, 1.807) is 31.4 Å².